The lowest BCUT2D eigenvalue weighted by Gasteiger charge is -2.13. The molecule has 2 aromatic rings. The molecule has 0 saturated heterocycles. The second-order valence-corrected chi connectivity index (χ2v) is 4.86. The van der Waals surface area contributed by atoms with Crippen molar-refractivity contribution >= 4 is 42.4 Å². The SMILES string of the molecule is Cc1nc(NCc2ccccn2)n(C)c(=O)c1CCCl.Cl.Cl. The minimum atomic E-state index is -0.0540. The van der Waals surface area contributed by atoms with Crippen molar-refractivity contribution in [3.63, 3.8) is 0 Å². The van der Waals surface area contributed by atoms with Gasteiger partial charge in [0.1, 0.15) is 0 Å². The summed E-state index contributed by atoms with van der Waals surface area (Å²) in [5.74, 6) is 0.954. The molecule has 0 bridgehead atoms. The molecule has 2 rings (SSSR count). The second kappa shape index (κ2) is 9.66. The van der Waals surface area contributed by atoms with E-state index < -0.39 is 0 Å². The summed E-state index contributed by atoms with van der Waals surface area (Å²) < 4.78 is 1.51. The lowest BCUT2D eigenvalue weighted by atomic mass is 10.2. The Morgan fingerprint density at radius 2 is 2.05 bits per heavy atom. The summed E-state index contributed by atoms with van der Waals surface area (Å²) in [5.41, 5.74) is 2.23. The van der Waals surface area contributed by atoms with Crippen LogP contribution in [-0.4, -0.2) is 20.4 Å². The van der Waals surface area contributed by atoms with Crippen LogP contribution in [0.5, 0.6) is 0 Å². The molecular weight excluding hydrogens is 347 g/mol. The number of nitrogens with zero attached hydrogens (tertiary/aromatic N) is 3. The van der Waals surface area contributed by atoms with Gasteiger partial charge >= 0.3 is 0 Å². The molecule has 122 valence electrons. The number of hydrogen-bond acceptors (Lipinski definition) is 4. The van der Waals surface area contributed by atoms with Gasteiger partial charge in [0.25, 0.3) is 5.56 Å². The van der Waals surface area contributed by atoms with Crippen molar-refractivity contribution in [1.82, 2.24) is 14.5 Å². The fraction of sp³-hybridized carbons (Fsp3) is 0.357. The Balaban J connectivity index is 0.00000220. The Morgan fingerprint density at radius 3 is 2.64 bits per heavy atom. The van der Waals surface area contributed by atoms with E-state index in [1.807, 2.05) is 25.1 Å². The molecule has 2 aromatic heterocycles. The van der Waals surface area contributed by atoms with Crippen LogP contribution in [0.4, 0.5) is 5.95 Å². The van der Waals surface area contributed by atoms with Gasteiger partial charge in [-0.1, -0.05) is 6.07 Å². The minimum Gasteiger partial charge on any atom is -0.350 e. The highest BCUT2D eigenvalue weighted by Crippen LogP contribution is 2.08. The fourth-order valence-corrected chi connectivity index (χ4v) is 2.16. The van der Waals surface area contributed by atoms with Crippen molar-refractivity contribution in [2.45, 2.75) is 19.9 Å². The molecule has 0 saturated carbocycles. The van der Waals surface area contributed by atoms with E-state index in [0.717, 1.165) is 11.4 Å². The molecule has 0 radical (unpaired) electrons. The highest BCUT2D eigenvalue weighted by atomic mass is 35.5. The number of nitrogens with one attached hydrogen (secondary N) is 1. The number of hydrogen-bond donors (Lipinski definition) is 1. The lowest BCUT2D eigenvalue weighted by Crippen LogP contribution is -2.27. The molecule has 0 aliphatic carbocycles. The van der Waals surface area contributed by atoms with Crippen molar-refractivity contribution in [3.8, 4) is 0 Å². The van der Waals surface area contributed by atoms with Gasteiger partial charge in [0, 0.05) is 30.4 Å². The molecule has 0 fully saturated rings. The molecule has 0 atom stereocenters. The van der Waals surface area contributed by atoms with E-state index in [1.54, 1.807) is 13.2 Å². The summed E-state index contributed by atoms with van der Waals surface area (Å²) in [6, 6.07) is 5.70. The first-order valence-electron chi connectivity index (χ1n) is 6.39. The third kappa shape index (κ3) is 4.87. The van der Waals surface area contributed by atoms with Gasteiger partial charge in [0.15, 0.2) is 0 Å². The van der Waals surface area contributed by atoms with E-state index in [1.165, 1.54) is 4.57 Å². The maximum absolute atomic E-state index is 12.2. The Morgan fingerprint density at radius 1 is 1.32 bits per heavy atom. The maximum Gasteiger partial charge on any atom is 0.258 e. The predicted molar refractivity (Wildman–Crippen MR) is 94.7 cm³/mol. The number of alkyl halides is 1. The average molecular weight is 366 g/mol. The van der Waals surface area contributed by atoms with Crippen molar-refractivity contribution in [2.24, 2.45) is 7.05 Å². The van der Waals surface area contributed by atoms with Gasteiger partial charge < -0.3 is 5.32 Å². The van der Waals surface area contributed by atoms with Gasteiger partial charge in [-0.05, 0) is 25.5 Å². The zero-order valence-corrected chi connectivity index (χ0v) is 14.8. The summed E-state index contributed by atoms with van der Waals surface area (Å²) in [6.07, 6.45) is 2.27. The van der Waals surface area contributed by atoms with E-state index in [2.05, 4.69) is 15.3 Å². The third-order valence-corrected chi connectivity index (χ3v) is 3.28. The Kier molecular flexibility index (Phi) is 9.09. The van der Waals surface area contributed by atoms with Gasteiger partial charge in [-0.25, -0.2) is 4.98 Å². The second-order valence-electron chi connectivity index (χ2n) is 4.48. The molecule has 0 aliphatic heterocycles. The summed E-state index contributed by atoms with van der Waals surface area (Å²) >= 11 is 5.71. The van der Waals surface area contributed by atoms with Crippen LogP contribution in [-0.2, 0) is 20.0 Å². The Labute approximate surface area is 147 Å². The van der Waals surface area contributed by atoms with E-state index in [4.69, 9.17) is 11.6 Å². The van der Waals surface area contributed by atoms with Gasteiger partial charge in [-0.3, -0.25) is 14.3 Å². The van der Waals surface area contributed by atoms with E-state index in [-0.39, 0.29) is 30.4 Å². The van der Waals surface area contributed by atoms with Crippen LogP contribution in [0.25, 0.3) is 0 Å². The third-order valence-electron chi connectivity index (χ3n) is 3.09. The molecule has 0 aliphatic rings. The normalized spacial score (nSPS) is 9.59. The standard InChI is InChI=1S/C14H17ClN4O.2ClH/c1-10-12(6-7-15)13(20)19(2)14(18-10)17-9-11-5-3-4-8-16-11;;/h3-5,8H,6-7,9H2,1-2H3,(H,17,18);2*1H. The number of aromatic nitrogens is 3. The summed E-state index contributed by atoms with van der Waals surface area (Å²) in [5, 5.41) is 3.14. The molecule has 22 heavy (non-hydrogen) atoms. The average Bonchev–Trinajstić information content (AvgIpc) is 2.47. The van der Waals surface area contributed by atoms with Crippen LogP contribution in [0.2, 0.25) is 0 Å². The smallest absolute Gasteiger partial charge is 0.258 e. The molecule has 2 heterocycles. The first-order valence-corrected chi connectivity index (χ1v) is 6.93. The van der Waals surface area contributed by atoms with Crippen molar-refractivity contribution in [1.29, 1.82) is 0 Å². The number of aryl methyl sites for hydroxylation is 1. The zero-order valence-electron chi connectivity index (χ0n) is 12.4. The monoisotopic (exact) mass is 364 g/mol. The fourth-order valence-electron chi connectivity index (χ4n) is 1.97. The molecule has 0 unspecified atom stereocenters. The topological polar surface area (TPSA) is 59.8 Å². The molecule has 8 heteroatoms. The van der Waals surface area contributed by atoms with E-state index in [9.17, 15) is 4.79 Å². The molecule has 5 nitrogen and oxygen atoms in total. The van der Waals surface area contributed by atoms with Gasteiger partial charge in [0.2, 0.25) is 5.95 Å². The van der Waals surface area contributed by atoms with Crippen molar-refractivity contribution < 1.29 is 0 Å². The molecular formula is C14H19Cl3N4O. The largest absolute Gasteiger partial charge is 0.350 e. The molecule has 0 amide bonds. The highest BCUT2D eigenvalue weighted by molar-refractivity contribution is 6.18. The first kappa shape index (κ1) is 20.7. The lowest BCUT2D eigenvalue weighted by molar-refractivity contribution is 0.784. The molecule has 0 aromatic carbocycles. The molecule has 0 spiro atoms. The van der Waals surface area contributed by atoms with E-state index in [0.29, 0.717) is 30.4 Å². The summed E-state index contributed by atoms with van der Waals surface area (Å²) in [7, 11) is 1.70. The van der Waals surface area contributed by atoms with Crippen LogP contribution in [0.1, 0.15) is 17.0 Å². The molecule has 1 N–H and O–H groups in total. The van der Waals surface area contributed by atoms with Crippen LogP contribution in [0.3, 0.4) is 0 Å². The minimum absolute atomic E-state index is 0. The summed E-state index contributed by atoms with van der Waals surface area (Å²) in [4.78, 5) is 20.9. The van der Waals surface area contributed by atoms with Gasteiger partial charge in [-0.2, -0.15) is 0 Å². The Bertz CT molecular complexity index is 647. The van der Waals surface area contributed by atoms with Crippen LogP contribution in [0.15, 0.2) is 29.2 Å². The van der Waals surface area contributed by atoms with Crippen LogP contribution in [0, 0.1) is 6.92 Å². The van der Waals surface area contributed by atoms with Crippen LogP contribution < -0.4 is 10.9 Å². The highest BCUT2D eigenvalue weighted by Gasteiger charge is 2.11. The van der Waals surface area contributed by atoms with Crippen molar-refractivity contribution in [3.05, 3.63) is 51.7 Å². The first-order chi connectivity index (χ1) is 9.63. The summed E-state index contributed by atoms with van der Waals surface area (Å²) in [6.45, 7) is 2.35. The van der Waals surface area contributed by atoms with Gasteiger partial charge in [-0.15, -0.1) is 36.4 Å². The number of pyridine rings is 1. The maximum atomic E-state index is 12.2. The number of rotatable bonds is 5. The number of halogens is 3. The number of anilines is 1. The van der Waals surface area contributed by atoms with Gasteiger partial charge in [0.05, 0.1) is 12.2 Å². The van der Waals surface area contributed by atoms with Crippen molar-refractivity contribution in [2.75, 3.05) is 11.2 Å². The van der Waals surface area contributed by atoms with E-state index >= 15 is 0 Å². The predicted octanol–water partition coefficient (Wildman–Crippen LogP) is 2.72. The Hall–Kier alpha value is -1.30. The quantitative estimate of drug-likeness (QED) is 0.828. The van der Waals surface area contributed by atoms with Crippen LogP contribution >= 0.6 is 36.4 Å². The zero-order chi connectivity index (χ0) is 14.5.